The van der Waals surface area contributed by atoms with Crippen molar-refractivity contribution >= 4 is 5.91 Å². The largest absolute Gasteiger partial charge is 0.497 e. The van der Waals surface area contributed by atoms with Crippen LogP contribution in [0.25, 0.3) is 11.4 Å². The fourth-order valence-corrected chi connectivity index (χ4v) is 2.59. The molecule has 1 amide bonds. The summed E-state index contributed by atoms with van der Waals surface area (Å²) >= 11 is 0. The second-order valence-corrected chi connectivity index (χ2v) is 5.39. The maximum absolute atomic E-state index is 11.8. The average molecular weight is 321 g/mol. The highest BCUT2D eigenvalue weighted by molar-refractivity contribution is 5.94. The van der Waals surface area contributed by atoms with Gasteiger partial charge >= 0.3 is 0 Å². The molecule has 5 nitrogen and oxygen atoms in total. The molecule has 0 aliphatic rings. The van der Waals surface area contributed by atoms with Gasteiger partial charge in [0.25, 0.3) is 5.91 Å². The first-order valence-corrected chi connectivity index (χ1v) is 7.68. The molecule has 0 spiro atoms. The molecule has 1 N–H and O–H groups in total. The molecule has 0 saturated heterocycles. The van der Waals surface area contributed by atoms with E-state index in [4.69, 9.17) is 4.74 Å². The average Bonchev–Trinajstić information content (AvgIpc) is 3.09. The highest BCUT2D eigenvalue weighted by Crippen LogP contribution is 2.22. The molecule has 0 aliphatic carbocycles. The number of nitrogens with zero attached hydrogens (tertiary/aromatic N) is 2. The monoisotopic (exact) mass is 321 g/mol. The fraction of sp³-hybridized carbons (Fsp3) is 0.158. The van der Waals surface area contributed by atoms with E-state index in [1.165, 1.54) is 0 Å². The SMILES string of the molecule is CNC(=O)c1cccc(Cn2ccnc2-c2ccc(OC)cc2)c1. The van der Waals surface area contributed by atoms with E-state index < -0.39 is 0 Å². The molecule has 0 atom stereocenters. The number of nitrogens with one attached hydrogen (secondary N) is 1. The number of aromatic nitrogens is 2. The number of methoxy groups -OCH3 is 1. The summed E-state index contributed by atoms with van der Waals surface area (Å²) in [7, 11) is 3.28. The Morgan fingerprint density at radius 2 is 2.00 bits per heavy atom. The van der Waals surface area contributed by atoms with Crippen LogP contribution in [-0.2, 0) is 6.54 Å². The number of amides is 1. The van der Waals surface area contributed by atoms with Gasteiger partial charge in [0.05, 0.1) is 7.11 Å². The van der Waals surface area contributed by atoms with E-state index >= 15 is 0 Å². The first kappa shape index (κ1) is 15.8. The zero-order valence-electron chi connectivity index (χ0n) is 13.7. The second-order valence-electron chi connectivity index (χ2n) is 5.39. The van der Waals surface area contributed by atoms with Crippen LogP contribution in [0, 0.1) is 0 Å². The zero-order valence-corrected chi connectivity index (χ0v) is 13.7. The first-order valence-electron chi connectivity index (χ1n) is 7.68. The van der Waals surface area contributed by atoms with Crippen LogP contribution in [0.15, 0.2) is 60.9 Å². The van der Waals surface area contributed by atoms with Crippen molar-refractivity contribution < 1.29 is 9.53 Å². The lowest BCUT2D eigenvalue weighted by molar-refractivity contribution is 0.0963. The highest BCUT2D eigenvalue weighted by Gasteiger charge is 2.08. The highest BCUT2D eigenvalue weighted by atomic mass is 16.5. The predicted octanol–water partition coefficient (Wildman–Crippen LogP) is 2.97. The first-order chi connectivity index (χ1) is 11.7. The number of benzene rings is 2. The van der Waals surface area contributed by atoms with Crippen molar-refractivity contribution in [3.63, 3.8) is 0 Å². The zero-order chi connectivity index (χ0) is 16.9. The lowest BCUT2D eigenvalue weighted by Gasteiger charge is -2.10. The van der Waals surface area contributed by atoms with Crippen molar-refractivity contribution in [3.05, 3.63) is 72.1 Å². The maximum Gasteiger partial charge on any atom is 0.251 e. The van der Waals surface area contributed by atoms with E-state index in [1.807, 2.05) is 48.7 Å². The molecule has 24 heavy (non-hydrogen) atoms. The van der Waals surface area contributed by atoms with Crippen LogP contribution in [0.1, 0.15) is 15.9 Å². The van der Waals surface area contributed by atoms with Gasteiger partial charge in [0, 0.05) is 37.1 Å². The van der Waals surface area contributed by atoms with Gasteiger partial charge in [0.15, 0.2) is 0 Å². The topological polar surface area (TPSA) is 56.2 Å². The lowest BCUT2D eigenvalue weighted by Crippen LogP contribution is -2.18. The van der Waals surface area contributed by atoms with E-state index in [-0.39, 0.29) is 5.91 Å². The van der Waals surface area contributed by atoms with Crippen molar-refractivity contribution in [2.24, 2.45) is 0 Å². The third kappa shape index (κ3) is 3.30. The molecule has 0 bridgehead atoms. The summed E-state index contributed by atoms with van der Waals surface area (Å²) < 4.78 is 7.25. The minimum atomic E-state index is -0.0853. The Morgan fingerprint density at radius 1 is 1.21 bits per heavy atom. The standard InChI is InChI=1S/C19H19N3O2/c1-20-19(23)16-5-3-4-14(12-16)13-22-11-10-21-18(22)15-6-8-17(24-2)9-7-15/h3-12H,13H2,1-2H3,(H,20,23). The number of carbonyl (C=O) groups is 1. The normalized spacial score (nSPS) is 10.4. The number of rotatable bonds is 5. The number of ether oxygens (including phenoxy) is 1. The summed E-state index contributed by atoms with van der Waals surface area (Å²) in [4.78, 5) is 16.2. The van der Waals surface area contributed by atoms with Gasteiger partial charge in [-0.2, -0.15) is 0 Å². The fourth-order valence-electron chi connectivity index (χ4n) is 2.59. The van der Waals surface area contributed by atoms with Gasteiger partial charge in [-0.3, -0.25) is 4.79 Å². The molecule has 5 heteroatoms. The summed E-state index contributed by atoms with van der Waals surface area (Å²) in [5.74, 6) is 1.61. The van der Waals surface area contributed by atoms with Gasteiger partial charge < -0.3 is 14.6 Å². The van der Waals surface area contributed by atoms with Crippen LogP contribution >= 0.6 is 0 Å². The van der Waals surface area contributed by atoms with E-state index in [9.17, 15) is 4.79 Å². The predicted molar refractivity (Wildman–Crippen MR) is 93.1 cm³/mol. The lowest BCUT2D eigenvalue weighted by atomic mass is 10.1. The molecule has 3 rings (SSSR count). The van der Waals surface area contributed by atoms with Crippen LogP contribution in [-0.4, -0.2) is 29.6 Å². The van der Waals surface area contributed by atoms with Crippen LogP contribution < -0.4 is 10.1 Å². The van der Waals surface area contributed by atoms with Crippen molar-refractivity contribution in [1.82, 2.24) is 14.9 Å². The number of imidazole rings is 1. The van der Waals surface area contributed by atoms with E-state index in [0.717, 1.165) is 22.7 Å². The summed E-state index contributed by atoms with van der Waals surface area (Å²) in [6.07, 6.45) is 3.72. The number of hydrogen-bond donors (Lipinski definition) is 1. The molecular weight excluding hydrogens is 302 g/mol. The van der Waals surface area contributed by atoms with E-state index in [0.29, 0.717) is 12.1 Å². The summed E-state index contributed by atoms with van der Waals surface area (Å²) in [6, 6.07) is 15.4. The Balaban J connectivity index is 1.87. The van der Waals surface area contributed by atoms with Gasteiger partial charge in [-0.25, -0.2) is 4.98 Å². The van der Waals surface area contributed by atoms with Gasteiger partial charge in [0.2, 0.25) is 0 Å². The van der Waals surface area contributed by atoms with Crippen LogP contribution in [0.2, 0.25) is 0 Å². The molecule has 0 aliphatic heterocycles. The van der Waals surface area contributed by atoms with Gasteiger partial charge in [-0.15, -0.1) is 0 Å². The van der Waals surface area contributed by atoms with Crippen molar-refractivity contribution in [2.75, 3.05) is 14.2 Å². The molecule has 0 saturated carbocycles. The summed E-state index contributed by atoms with van der Waals surface area (Å²) in [5, 5.41) is 2.65. The minimum Gasteiger partial charge on any atom is -0.497 e. The van der Waals surface area contributed by atoms with Crippen LogP contribution in [0.4, 0.5) is 0 Å². The third-order valence-electron chi connectivity index (χ3n) is 3.83. The Labute approximate surface area is 140 Å². The van der Waals surface area contributed by atoms with E-state index in [1.54, 1.807) is 26.4 Å². The van der Waals surface area contributed by atoms with Crippen LogP contribution in [0.5, 0.6) is 5.75 Å². The molecule has 1 aromatic heterocycles. The molecule has 2 aromatic carbocycles. The number of hydrogen-bond acceptors (Lipinski definition) is 3. The van der Waals surface area contributed by atoms with Gasteiger partial charge in [0.1, 0.15) is 11.6 Å². The Hall–Kier alpha value is -3.08. The molecule has 122 valence electrons. The second kappa shape index (κ2) is 7.00. The van der Waals surface area contributed by atoms with Crippen molar-refractivity contribution in [2.45, 2.75) is 6.54 Å². The minimum absolute atomic E-state index is 0.0853. The summed E-state index contributed by atoms with van der Waals surface area (Å²) in [5.41, 5.74) is 2.72. The van der Waals surface area contributed by atoms with Crippen LogP contribution in [0.3, 0.4) is 0 Å². The number of carbonyl (C=O) groups excluding carboxylic acids is 1. The Morgan fingerprint density at radius 3 is 2.71 bits per heavy atom. The smallest absolute Gasteiger partial charge is 0.251 e. The Bertz CT molecular complexity index is 838. The molecule has 0 fully saturated rings. The Kier molecular flexibility index (Phi) is 4.61. The third-order valence-corrected chi connectivity index (χ3v) is 3.83. The quantitative estimate of drug-likeness (QED) is 0.786. The van der Waals surface area contributed by atoms with Gasteiger partial charge in [-0.05, 0) is 42.0 Å². The maximum atomic E-state index is 11.8. The van der Waals surface area contributed by atoms with Gasteiger partial charge in [-0.1, -0.05) is 12.1 Å². The molecule has 0 unspecified atom stereocenters. The summed E-state index contributed by atoms with van der Waals surface area (Å²) in [6.45, 7) is 0.645. The van der Waals surface area contributed by atoms with Crippen molar-refractivity contribution in [3.8, 4) is 17.1 Å². The van der Waals surface area contributed by atoms with E-state index in [2.05, 4.69) is 14.9 Å². The molecular formula is C19H19N3O2. The van der Waals surface area contributed by atoms with Crippen molar-refractivity contribution in [1.29, 1.82) is 0 Å². The molecule has 3 aromatic rings. The molecule has 1 heterocycles. The molecule has 0 radical (unpaired) electrons.